The molecule has 0 aromatic rings. The van der Waals surface area contributed by atoms with Gasteiger partial charge in [0.2, 0.25) is 0 Å². The van der Waals surface area contributed by atoms with Gasteiger partial charge in [0.1, 0.15) is 11.6 Å². The highest BCUT2D eigenvalue weighted by Gasteiger charge is 2.39. The molecule has 0 heterocycles. The largest absolute Gasteiger partial charge is 0.299 e. The Morgan fingerprint density at radius 2 is 2.00 bits per heavy atom. The molecule has 0 amide bonds. The number of rotatable bonds is 2. The zero-order valence-corrected chi connectivity index (χ0v) is 6.51. The summed E-state index contributed by atoms with van der Waals surface area (Å²) in [5.74, 6) is 0.513. The quantitative estimate of drug-likeness (QED) is 0.559. The van der Waals surface area contributed by atoms with Crippen molar-refractivity contribution in [2.24, 2.45) is 11.8 Å². The highest BCUT2D eigenvalue weighted by Crippen LogP contribution is 2.36. The molecule has 2 aliphatic carbocycles. The number of carbonyl (C=O) groups is 2. The predicted molar refractivity (Wildman–Crippen MR) is 40.1 cm³/mol. The summed E-state index contributed by atoms with van der Waals surface area (Å²) < 4.78 is 0. The molecule has 2 nitrogen and oxygen atoms in total. The van der Waals surface area contributed by atoms with Crippen LogP contribution in [0.3, 0.4) is 0 Å². The smallest absolute Gasteiger partial charge is 0.146 e. The lowest BCUT2D eigenvalue weighted by atomic mass is 9.98. The van der Waals surface area contributed by atoms with E-state index in [0.29, 0.717) is 6.42 Å². The second-order valence-corrected chi connectivity index (χ2v) is 3.59. The van der Waals surface area contributed by atoms with Crippen LogP contribution in [0.5, 0.6) is 0 Å². The Balaban J connectivity index is 2.02. The Morgan fingerprint density at radius 3 is 2.45 bits per heavy atom. The third kappa shape index (κ3) is 1.22. The van der Waals surface area contributed by atoms with Crippen molar-refractivity contribution in [1.29, 1.82) is 0 Å². The van der Waals surface area contributed by atoms with Gasteiger partial charge in [-0.2, -0.15) is 0 Å². The molecular weight excluding hydrogens is 140 g/mol. The summed E-state index contributed by atoms with van der Waals surface area (Å²) in [6.45, 7) is 0. The van der Waals surface area contributed by atoms with E-state index in [9.17, 15) is 9.59 Å². The van der Waals surface area contributed by atoms with Gasteiger partial charge < -0.3 is 0 Å². The molecule has 2 saturated carbocycles. The maximum Gasteiger partial charge on any atom is 0.146 e. The summed E-state index contributed by atoms with van der Waals surface area (Å²) in [6, 6.07) is 0. The van der Waals surface area contributed by atoms with Crippen LogP contribution in [0, 0.1) is 11.8 Å². The second-order valence-electron chi connectivity index (χ2n) is 3.59. The number of ketones is 2. The van der Waals surface area contributed by atoms with E-state index >= 15 is 0 Å². The molecule has 0 aromatic heterocycles. The molecule has 0 aliphatic heterocycles. The molecule has 0 aromatic carbocycles. The summed E-state index contributed by atoms with van der Waals surface area (Å²) in [5, 5.41) is 0. The fourth-order valence-electron chi connectivity index (χ4n) is 1.77. The van der Waals surface area contributed by atoms with E-state index in [1.54, 1.807) is 0 Å². The van der Waals surface area contributed by atoms with Crippen LogP contribution in [0.1, 0.15) is 32.1 Å². The lowest BCUT2D eigenvalue weighted by Crippen LogP contribution is -2.19. The van der Waals surface area contributed by atoms with Crippen LogP contribution in [-0.2, 0) is 9.59 Å². The number of hydrogen-bond donors (Lipinski definition) is 0. The predicted octanol–water partition coefficient (Wildman–Crippen LogP) is 1.33. The van der Waals surface area contributed by atoms with E-state index in [0.717, 1.165) is 25.7 Å². The molecule has 0 radical (unpaired) electrons. The summed E-state index contributed by atoms with van der Waals surface area (Å²) in [7, 11) is 0. The molecule has 0 N–H and O–H groups in total. The summed E-state index contributed by atoms with van der Waals surface area (Å²) in [6.07, 6.45) is 4.46. The average Bonchev–Trinajstić information content (AvgIpc) is 2.74. The number of hydrogen-bond acceptors (Lipinski definition) is 2. The summed E-state index contributed by atoms with van der Waals surface area (Å²) >= 11 is 0. The normalized spacial score (nSPS) is 30.9. The van der Waals surface area contributed by atoms with Gasteiger partial charge in [-0.1, -0.05) is 0 Å². The van der Waals surface area contributed by atoms with E-state index in [1.165, 1.54) is 0 Å². The number of Topliss-reactive ketones (excluding diaryl/α,β-unsaturated/α-hetero) is 2. The van der Waals surface area contributed by atoms with Gasteiger partial charge in [0, 0.05) is 12.3 Å². The van der Waals surface area contributed by atoms with Gasteiger partial charge in [-0.15, -0.1) is 0 Å². The van der Waals surface area contributed by atoms with Crippen molar-refractivity contribution in [3.63, 3.8) is 0 Å². The molecule has 0 bridgehead atoms. The van der Waals surface area contributed by atoms with Crippen LogP contribution >= 0.6 is 0 Å². The van der Waals surface area contributed by atoms with E-state index in [2.05, 4.69) is 0 Å². The van der Waals surface area contributed by atoms with Crippen molar-refractivity contribution < 1.29 is 9.59 Å². The standard InChI is InChI=1S/C9H12O2/c10-8-3-1-2-7(8)9(11)6-4-5-6/h6-7H,1-5H2. The van der Waals surface area contributed by atoms with E-state index in [4.69, 9.17) is 0 Å². The minimum absolute atomic E-state index is 0.192. The van der Waals surface area contributed by atoms with Gasteiger partial charge in [0.05, 0.1) is 5.92 Å². The lowest BCUT2D eigenvalue weighted by Gasteiger charge is -2.03. The minimum atomic E-state index is -0.192. The third-order valence-electron chi connectivity index (χ3n) is 2.63. The SMILES string of the molecule is O=C1CCCC1C(=O)C1CC1. The maximum atomic E-state index is 11.4. The fourth-order valence-corrected chi connectivity index (χ4v) is 1.77. The monoisotopic (exact) mass is 152 g/mol. The molecule has 2 heteroatoms. The first-order valence-electron chi connectivity index (χ1n) is 4.35. The molecule has 60 valence electrons. The molecule has 1 atom stereocenters. The van der Waals surface area contributed by atoms with Crippen LogP contribution in [0.2, 0.25) is 0 Å². The lowest BCUT2D eigenvalue weighted by molar-refractivity contribution is -0.131. The Kier molecular flexibility index (Phi) is 1.55. The third-order valence-corrected chi connectivity index (χ3v) is 2.63. The van der Waals surface area contributed by atoms with E-state index < -0.39 is 0 Å². The van der Waals surface area contributed by atoms with E-state index in [-0.39, 0.29) is 23.4 Å². The van der Waals surface area contributed by atoms with Crippen molar-refractivity contribution >= 4 is 11.6 Å². The Morgan fingerprint density at radius 1 is 1.27 bits per heavy atom. The van der Waals surface area contributed by atoms with Gasteiger partial charge in [-0.3, -0.25) is 9.59 Å². The van der Waals surface area contributed by atoms with Crippen molar-refractivity contribution in [2.75, 3.05) is 0 Å². The summed E-state index contributed by atoms with van der Waals surface area (Å²) in [5.41, 5.74) is 0. The van der Waals surface area contributed by atoms with Crippen LogP contribution in [-0.4, -0.2) is 11.6 Å². The average molecular weight is 152 g/mol. The Labute approximate surface area is 66.0 Å². The van der Waals surface area contributed by atoms with E-state index in [1.807, 2.05) is 0 Å². The molecule has 0 saturated heterocycles. The Bertz CT molecular complexity index is 204. The second kappa shape index (κ2) is 2.43. The molecule has 2 fully saturated rings. The first-order chi connectivity index (χ1) is 5.29. The molecule has 2 rings (SSSR count). The van der Waals surface area contributed by atoms with Gasteiger partial charge in [0.15, 0.2) is 0 Å². The van der Waals surface area contributed by atoms with Gasteiger partial charge in [-0.25, -0.2) is 0 Å². The van der Waals surface area contributed by atoms with Crippen molar-refractivity contribution in [3.8, 4) is 0 Å². The zero-order chi connectivity index (χ0) is 7.84. The van der Waals surface area contributed by atoms with Crippen molar-refractivity contribution in [3.05, 3.63) is 0 Å². The fraction of sp³-hybridized carbons (Fsp3) is 0.778. The molecule has 0 spiro atoms. The van der Waals surface area contributed by atoms with Crippen molar-refractivity contribution in [1.82, 2.24) is 0 Å². The maximum absolute atomic E-state index is 11.4. The van der Waals surface area contributed by atoms with Gasteiger partial charge in [-0.05, 0) is 25.7 Å². The zero-order valence-electron chi connectivity index (χ0n) is 6.51. The number of carbonyl (C=O) groups excluding carboxylic acids is 2. The molecule has 11 heavy (non-hydrogen) atoms. The minimum Gasteiger partial charge on any atom is -0.299 e. The highest BCUT2D eigenvalue weighted by atomic mass is 16.2. The first-order valence-corrected chi connectivity index (χ1v) is 4.35. The first kappa shape index (κ1) is 7.01. The van der Waals surface area contributed by atoms with Crippen molar-refractivity contribution in [2.45, 2.75) is 32.1 Å². The van der Waals surface area contributed by atoms with Crippen LogP contribution < -0.4 is 0 Å². The highest BCUT2D eigenvalue weighted by molar-refractivity contribution is 6.05. The Hall–Kier alpha value is -0.660. The molecule has 1 unspecified atom stereocenters. The molecular formula is C9H12O2. The van der Waals surface area contributed by atoms with Crippen LogP contribution in [0.15, 0.2) is 0 Å². The van der Waals surface area contributed by atoms with Crippen LogP contribution in [0.4, 0.5) is 0 Å². The van der Waals surface area contributed by atoms with Gasteiger partial charge in [0.25, 0.3) is 0 Å². The van der Waals surface area contributed by atoms with Crippen LogP contribution in [0.25, 0.3) is 0 Å². The topological polar surface area (TPSA) is 34.1 Å². The molecule has 2 aliphatic rings. The summed E-state index contributed by atoms with van der Waals surface area (Å²) in [4.78, 5) is 22.5. The van der Waals surface area contributed by atoms with Gasteiger partial charge >= 0.3 is 0 Å².